The van der Waals surface area contributed by atoms with Crippen LogP contribution in [0.1, 0.15) is 28.0 Å². The summed E-state index contributed by atoms with van der Waals surface area (Å²) in [6.07, 6.45) is 0. The minimum absolute atomic E-state index is 0.0334. The summed E-state index contributed by atoms with van der Waals surface area (Å²) in [6.45, 7) is 4.31. The molecule has 0 saturated carbocycles. The number of aromatic hydroxyl groups is 2. The Labute approximate surface area is 244 Å². The first-order chi connectivity index (χ1) is 20.2. The molecular weight excluding hydrogens is 558 g/mol. The van der Waals surface area contributed by atoms with Crippen LogP contribution in [0.5, 0.6) is 11.5 Å². The standard InChI is InChI=1S/C33H26ClNO7/c1-18-27(36)10-8-25-21(13-30(38)41-32(18)25)15-35(17-24-7-12-29(40-24)20-3-5-23(34)6-4-20)16-22-14-31(39)42-33-19(2)28(37)11-9-26(22)33/h3-14,36-37H,15-17H2,1-2H3. The molecule has 3 aromatic heterocycles. The van der Waals surface area contributed by atoms with Gasteiger partial charge in [0.15, 0.2) is 0 Å². The van der Waals surface area contributed by atoms with Crippen molar-refractivity contribution in [1.82, 2.24) is 4.90 Å². The summed E-state index contributed by atoms with van der Waals surface area (Å²) >= 11 is 6.05. The minimum atomic E-state index is -0.536. The van der Waals surface area contributed by atoms with E-state index in [-0.39, 0.29) is 11.5 Å². The molecule has 0 aliphatic rings. The fourth-order valence-corrected chi connectivity index (χ4v) is 5.32. The zero-order chi connectivity index (χ0) is 29.5. The van der Waals surface area contributed by atoms with Gasteiger partial charge in [-0.2, -0.15) is 0 Å². The molecule has 9 heteroatoms. The summed E-state index contributed by atoms with van der Waals surface area (Å²) in [5, 5.41) is 22.4. The molecule has 0 saturated heterocycles. The van der Waals surface area contributed by atoms with Crippen LogP contribution in [0.15, 0.2) is 95.6 Å². The molecule has 0 radical (unpaired) electrons. The van der Waals surface area contributed by atoms with E-state index in [1.165, 1.54) is 12.1 Å². The molecule has 42 heavy (non-hydrogen) atoms. The van der Waals surface area contributed by atoms with Crippen molar-refractivity contribution >= 4 is 33.5 Å². The number of phenols is 2. The topological polar surface area (TPSA) is 117 Å². The van der Waals surface area contributed by atoms with E-state index in [4.69, 9.17) is 24.9 Å². The lowest BCUT2D eigenvalue weighted by Gasteiger charge is -2.23. The SMILES string of the molecule is Cc1c(O)ccc2c(CN(Cc3ccc(-c4ccc(Cl)cc4)o3)Cc3cc(=O)oc4c(C)c(O)ccc34)cc(=O)oc12. The van der Waals surface area contributed by atoms with E-state index in [0.717, 1.165) is 5.56 Å². The van der Waals surface area contributed by atoms with Gasteiger partial charge in [0, 0.05) is 57.7 Å². The van der Waals surface area contributed by atoms with E-state index in [0.29, 0.717) is 80.4 Å². The van der Waals surface area contributed by atoms with Crippen LogP contribution >= 0.6 is 11.6 Å². The number of hydrogen-bond donors (Lipinski definition) is 2. The first-order valence-electron chi connectivity index (χ1n) is 13.2. The van der Waals surface area contributed by atoms with Crippen molar-refractivity contribution in [1.29, 1.82) is 0 Å². The number of rotatable bonds is 7. The van der Waals surface area contributed by atoms with Gasteiger partial charge in [0.2, 0.25) is 0 Å². The molecule has 8 nitrogen and oxygen atoms in total. The zero-order valence-electron chi connectivity index (χ0n) is 22.8. The van der Waals surface area contributed by atoms with Crippen LogP contribution < -0.4 is 11.3 Å². The summed E-state index contributed by atoms with van der Waals surface area (Å²) < 4.78 is 17.1. The Bertz CT molecular complexity index is 1960. The highest BCUT2D eigenvalue weighted by Crippen LogP contribution is 2.31. The molecule has 212 valence electrons. The van der Waals surface area contributed by atoms with Crippen LogP contribution in [0.25, 0.3) is 33.3 Å². The summed E-state index contributed by atoms with van der Waals surface area (Å²) in [7, 11) is 0. The van der Waals surface area contributed by atoms with Gasteiger partial charge in [0.05, 0.1) is 6.54 Å². The quantitative estimate of drug-likeness (QED) is 0.192. The van der Waals surface area contributed by atoms with Crippen LogP contribution in [-0.4, -0.2) is 15.1 Å². The Morgan fingerprint density at radius 2 is 1.19 bits per heavy atom. The summed E-state index contributed by atoms with van der Waals surface area (Å²) in [4.78, 5) is 27.2. The number of furan rings is 1. The average molecular weight is 584 g/mol. The van der Waals surface area contributed by atoms with Crippen molar-refractivity contribution in [3.05, 3.63) is 127 Å². The number of aryl methyl sites for hydroxylation is 2. The van der Waals surface area contributed by atoms with Crippen molar-refractivity contribution in [3.63, 3.8) is 0 Å². The third-order valence-electron chi connectivity index (χ3n) is 7.39. The van der Waals surface area contributed by atoms with Crippen molar-refractivity contribution in [2.45, 2.75) is 33.5 Å². The number of benzene rings is 3. The number of hydrogen-bond acceptors (Lipinski definition) is 8. The predicted molar refractivity (Wildman–Crippen MR) is 160 cm³/mol. The third-order valence-corrected chi connectivity index (χ3v) is 7.65. The Balaban J connectivity index is 1.43. The van der Waals surface area contributed by atoms with Gasteiger partial charge in [-0.1, -0.05) is 11.6 Å². The molecule has 0 atom stereocenters. The Morgan fingerprint density at radius 3 is 1.71 bits per heavy atom. The second-order valence-corrected chi connectivity index (χ2v) is 10.7. The Kier molecular flexibility index (Phi) is 7.10. The Hall–Kier alpha value is -4.79. The molecule has 0 fully saturated rings. The van der Waals surface area contributed by atoms with Crippen molar-refractivity contribution < 1.29 is 23.5 Å². The van der Waals surface area contributed by atoms with Gasteiger partial charge < -0.3 is 23.5 Å². The molecule has 0 aliphatic carbocycles. The van der Waals surface area contributed by atoms with E-state index in [2.05, 4.69) is 0 Å². The van der Waals surface area contributed by atoms with Gasteiger partial charge in [0.1, 0.15) is 34.2 Å². The van der Waals surface area contributed by atoms with Crippen LogP contribution in [0.4, 0.5) is 0 Å². The molecule has 0 bridgehead atoms. The molecule has 3 aromatic carbocycles. The summed E-state index contributed by atoms with van der Waals surface area (Å²) in [6, 6.07) is 20.6. The second kappa shape index (κ2) is 10.9. The highest BCUT2D eigenvalue weighted by molar-refractivity contribution is 6.30. The minimum Gasteiger partial charge on any atom is -0.508 e. The van der Waals surface area contributed by atoms with Gasteiger partial charge in [-0.25, -0.2) is 9.59 Å². The average Bonchev–Trinajstić information content (AvgIpc) is 3.42. The Morgan fingerprint density at radius 1 is 0.667 bits per heavy atom. The largest absolute Gasteiger partial charge is 0.508 e. The van der Waals surface area contributed by atoms with Crippen LogP contribution in [0, 0.1) is 13.8 Å². The molecule has 0 spiro atoms. The van der Waals surface area contributed by atoms with Crippen molar-refractivity contribution in [3.8, 4) is 22.8 Å². The molecule has 0 amide bonds. The van der Waals surface area contributed by atoms with Crippen molar-refractivity contribution in [2.24, 2.45) is 0 Å². The maximum absolute atomic E-state index is 12.6. The van der Waals surface area contributed by atoms with E-state index < -0.39 is 11.3 Å². The molecule has 0 unspecified atom stereocenters. The first kappa shape index (κ1) is 27.4. The lowest BCUT2D eigenvalue weighted by molar-refractivity contribution is 0.228. The maximum Gasteiger partial charge on any atom is 0.336 e. The summed E-state index contributed by atoms with van der Waals surface area (Å²) in [5.41, 5.74) is 2.76. The zero-order valence-corrected chi connectivity index (χ0v) is 23.6. The molecule has 6 rings (SSSR count). The second-order valence-electron chi connectivity index (χ2n) is 10.3. The normalized spacial score (nSPS) is 11.6. The van der Waals surface area contributed by atoms with Crippen LogP contribution in [0.2, 0.25) is 5.02 Å². The fraction of sp³-hybridized carbons (Fsp3) is 0.152. The predicted octanol–water partition coefficient (Wildman–Crippen LogP) is 7.04. The van der Waals surface area contributed by atoms with Crippen LogP contribution in [-0.2, 0) is 19.6 Å². The number of fused-ring (bicyclic) bond motifs is 2. The number of nitrogens with zero attached hydrogens (tertiary/aromatic N) is 1. The van der Waals surface area contributed by atoms with E-state index >= 15 is 0 Å². The van der Waals surface area contributed by atoms with Gasteiger partial charge in [-0.15, -0.1) is 0 Å². The highest BCUT2D eigenvalue weighted by Gasteiger charge is 2.19. The molecule has 2 N–H and O–H groups in total. The van der Waals surface area contributed by atoms with E-state index in [1.54, 1.807) is 50.2 Å². The van der Waals surface area contributed by atoms with E-state index in [1.807, 2.05) is 29.2 Å². The maximum atomic E-state index is 12.6. The molecule has 6 aromatic rings. The third kappa shape index (κ3) is 5.30. The van der Waals surface area contributed by atoms with Crippen molar-refractivity contribution in [2.75, 3.05) is 0 Å². The van der Waals surface area contributed by atoms with Gasteiger partial charge in [0.25, 0.3) is 0 Å². The van der Waals surface area contributed by atoms with E-state index in [9.17, 15) is 19.8 Å². The monoisotopic (exact) mass is 583 g/mol. The molecular formula is C33H26ClNO7. The molecule has 3 heterocycles. The molecule has 0 aliphatic heterocycles. The lowest BCUT2D eigenvalue weighted by atomic mass is 10.0. The van der Waals surface area contributed by atoms with Gasteiger partial charge >= 0.3 is 11.3 Å². The summed E-state index contributed by atoms with van der Waals surface area (Å²) in [5.74, 6) is 1.41. The number of phenolic OH excluding ortho intramolecular Hbond substituents is 2. The highest BCUT2D eigenvalue weighted by atomic mass is 35.5. The lowest BCUT2D eigenvalue weighted by Crippen LogP contribution is -2.24. The smallest absolute Gasteiger partial charge is 0.336 e. The fourth-order valence-electron chi connectivity index (χ4n) is 5.20. The van der Waals surface area contributed by atoms with Gasteiger partial charge in [-0.3, -0.25) is 4.90 Å². The van der Waals surface area contributed by atoms with Crippen LogP contribution in [0.3, 0.4) is 0 Å². The first-order valence-corrected chi connectivity index (χ1v) is 13.6. The van der Waals surface area contributed by atoms with Gasteiger partial charge in [-0.05, 0) is 85.6 Å². The number of halogens is 1.